The number of nitrogens with zero attached hydrogens (tertiary/aromatic N) is 2. The van der Waals surface area contributed by atoms with E-state index < -0.39 is 10.0 Å². The fourth-order valence-corrected chi connectivity index (χ4v) is 5.99. The van der Waals surface area contributed by atoms with Crippen LogP contribution in [0.3, 0.4) is 0 Å². The van der Waals surface area contributed by atoms with E-state index in [4.69, 9.17) is 0 Å². The molecule has 148 valence electrons. The molecule has 0 fully saturated rings. The number of sulfonamides is 1. The van der Waals surface area contributed by atoms with Crippen LogP contribution in [0.4, 0.5) is 5.69 Å². The predicted molar refractivity (Wildman–Crippen MR) is 122 cm³/mol. The molecule has 5 nitrogen and oxygen atoms in total. The van der Waals surface area contributed by atoms with Gasteiger partial charge in [0.15, 0.2) is 0 Å². The number of pyridine rings is 2. The summed E-state index contributed by atoms with van der Waals surface area (Å²) in [7, 11) is -3.81. The first kappa shape index (κ1) is 20.0. The summed E-state index contributed by atoms with van der Waals surface area (Å²) in [5.74, 6) is 0. The zero-order valence-corrected chi connectivity index (χ0v) is 19.2. The van der Waals surface area contributed by atoms with Crippen LogP contribution in [-0.4, -0.2) is 18.4 Å². The summed E-state index contributed by atoms with van der Waals surface area (Å²) in [6, 6.07) is 11.5. The number of benzene rings is 1. The minimum absolute atomic E-state index is 0.0959. The van der Waals surface area contributed by atoms with Gasteiger partial charge in [-0.05, 0) is 54.4 Å². The van der Waals surface area contributed by atoms with Gasteiger partial charge in [-0.1, -0.05) is 29.8 Å². The van der Waals surface area contributed by atoms with E-state index in [1.807, 2.05) is 39.0 Å². The fourth-order valence-electron chi connectivity index (χ4n) is 3.30. The number of halogens is 1. The number of fused-ring (bicyclic) bond motifs is 1. The second-order valence-electron chi connectivity index (χ2n) is 6.84. The molecule has 0 radical (unpaired) electrons. The minimum Gasteiger partial charge on any atom is -0.279 e. The Morgan fingerprint density at radius 2 is 1.86 bits per heavy atom. The molecule has 0 aliphatic heterocycles. The SMILES string of the molecule is Cc1cccc(-c2c(C)sc3nc(C)cc(NS(=O)(=O)c4cncc(Br)c4)c23)c1. The molecule has 8 heteroatoms. The average molecular weight is 488 g/mol. The van der Waals surface area contributed by atoms with Gasteiger partial charge in [0.05, 0.1) is 5.69 Å². The Labute approximate surface area is 182 Å². The van der Waals surface area contributed by atoms with E-state index in [1.165, 1.54) is 12.3 Å². The molecule has 29 heavy (non-hydrogen) atoms. The van der Waals surface area contributed by atoms with Gasteiger partial charge >= 0.3 is 0 Å². The van der Waals surface area contributed by atoms with Gasteiger partial charge in [0.1, 0.15) is 9.73 Å². The second-order valence-corrected chi connectivity index (χ2v) is 10.6. The third kappa shape index (κ3) is 3.92. The van der Waals surface area contributed by atoms with Gasteiger partial charge in [0.2, 0.25) is 0 Å². The molecule has 0 saturated heterocycles. The highest BCUT2D eigenvalue weighted by Gasteiger charge is 2.21. The van der Waals surface area contributed by atoms with Gasteiger partial charge in [-0.3, -0.25) is 9.71 Å². The number of thiophene rings is 1. The summed E-state index contributed by atoms with van der Waals surface area (Å²) < 4.78 is 29.4. The van der Waals surface area contributed by atoms with E-state index in [-0.39, 0.29) is 4.90 Å². The predicted octanol–water partition coefficient (Wildman–Crippen LogP) is 5.85. The monoisotopic (exact) mass is 487 g/mol. The van der Waals surface area contributed by atoms with Crippen LogP contribution in [0.2, 0.25) is 0 Å². The van der Waals surface area contributed by atoms with Crippen molar-refractivity contribution in [1.29, 1.82) is 0 Å². The van der Waals surface area contributed by atoms with E-state index in [9.17, 15) is 8.42 Å². The molecule has 3 aromatic heterocycles. The van der Waals surface area contributed by atoms with Crippen LogP contribution in [0.5, 0.6) is 0 Å². The number of hydrogen-bond acceptors (Lipinski definition) is 5. The maximum Gasteiger partial charge on any atom is 0.263 e. The molecule has 0 aliphatic rings. The molecule has 0 unspecified atom stereocenters. The molecule has 0 amide bonds. The highest BCUT2D eigenvalue weighted by atomic mass is 79.9. The lowest BCUT2D eigenvalue weighted by atomic mass is 10.0. The Hall–Kier alpha value is -2.29. The quantitative estimate of drug-likeness (QED) is 0.391. The molecule has 0 aliphatic carbocycles. The molecule has 1 N–H and O–H groups in total. The fraction of sp³-hybridized carbons (Fsp3) is 0.143. The Morgan fingerprint density at radius 1 is 1.07 bits per heavy atom. The van der Waals surface area contributed by atoms with Crippen molar-refractivity contribution in [3.8, 4) is 11.1 Å². The minimum atomic E-state index is -3.81. The van der Waals surface area contributed by atoms with Crippen molar-refractivity contribution in [2.75, 3.05) is 4.72 Å². The van der Waals surface area contributed by atoms with Crippen LogP contribution >= 0.6 is 27.3 Å². The second kappa shape index (κ2) is 7.51. The van der Waals surface area contributed by atoms with Gasteiger partial charge in [-0.25, -0.2) is 13.4 Å². The number of rotatable bonds is 4. The van der Waals surface area contributed by atoms with Crippen molar-refractivity contribution < 1.29 is 8.42 Å². The zero-order valence-electron chi connectivity index (χ0n) is 16.0. The van der Waals surface area contributed by atoms with E-state index in [2.05, 4.69) is 36.7 Å². The van der Waals surface area contributed by atoms with Crippen LogP contribution in [0, 0.1) is 20.8 Å². The zero-order chi connectivity index (χ0) is 20.8. The lowest BCUT2D eigenvalue weighted by Crippen LogP contribution is -2.14. The van der Waals surface area contributed by atoms with Crippen LogP contribution in [0.1, 0.15) is 16.1 Å². The summed E-state index contributed by atoms with van der Waals surface area (Å²) >= 11 is 4.85. The van der Waals surface area contributed by atoms with Gasteiger partial charge in [-0.15, -0.1) is 11.3 Å². The largest absolute Gasteiger partial charge is 0.279 e. The smallest absolute Gasteiger partial charge is 0.263 e. The van der Waals surface area contributed by atoms with Crippen molar-refractivity contribution in [1.82, 2.24) is 9.97 Å². The van der Waals surface area contributed by atoms with E-state index in [0.29, 0.717) is 10.2 Å². The molecule has 0 spiro atoms. The standard InChI is InChI=1S/C21H18BrN3O2S2/c1-12-5-4-6-15(7-12)19-14(3)28-21-20(19)18(8-13(2)24-21)25-29(26,27)17-9-16(22)10-23-11-17/h4-11H,1-3H3,(H,24,25). The Kier molecular flexibility index (Phi) is 5.18. The number of nitrogens with one attached hydrogen (secondary N) is 1. The molecule has 4 rings (SSSR count). The summed E-state index contributed by atoms with van der Waals surface area (Å²) in [6.45, 7) is 5.94. The van der Waals surface area contributed by atoms with Crippen LogP contribution in [0.15, 0.2) is 58.2 Å². The van der Waals surface area contributed by atoms with Gasteiger partial charge in [0.25, 0.3) is 10.0 Å². The van der Waals surface area contributed by atoms with Crippen molar-refractivity contribution in [3.05, 3.63) is 69.4 Å². The maximum atomic E-state index is 13.0. The summed E-state index contributed by atoms with van der Waals surface area (Å²) in [4.78, 5) is 10.6. The van der Waals surface area contributed by atoms with Crippen molar-refractivity contribution in [2.45, 2.75) is 25.7 Å². The number of aryl methyl sites for hydroxylation is 3. The first-order chi connectivity index (χ1) is 13.7. The average Bonchev–Trinajstić information content (AvgIpc) is 2.97. The number of hydrogen-bond donors (Lipinski definition) is 1. The number of anilines is 1. The van der Waals surface area contributed by atoms with Crippen LogP contribution < -0.4 is 4.72 Å². The number of aromatic nitrogens is 2. The van der Waals surface area contributed by atoms with Gasteiger partial charge < -0.3 is 0 Å². The highest BCUT2D eigenvalue weighted by Crippen LogP contribution is 2.42. The molecule has 3 heterocycles. The lowest BCUT2D eigenvalue weighted by Gasteiger charge is -2.12. The normalized spacial score (nSPS) is 11.7. The third-order valence-electron chi connectivity index (χ3n) is 4.51. The highest BCUT2D eigenvalue weighted by molar-refractivity contribution is 9.10. The molecule has 4 aromatic rings. The topological polar surface area (TPSA) is 72.0 Å². The van der Waals surface area contributed by atoms with Crippen LogP contribution in [0.25, 0.3) is 21.3 Å². The van der Waals surface area contributed by atoms with Crippen molar-refractivity contribution >= 4 is 53.2 Å². The van der Waals surface area contributed by atoms with E-state index in [0.717, 1.165) is 37.5 Å². The van der Waals surface area contributed by atoms with Crippen molar-refractivity contribution in [3.63, 3.8) is 0 Å². The van der Waals surface area contributed by atoms with Crippen LogP contribution in [-0.2, 0) is 10.0 Å². The third-order valence-corrected chi connectivity index (χ3v) is 7.27. The molecular weight excluding hydrogens is 470 g/mol. The molecule has 1 aromatic carbocycles. The Bertz CT molecular complexity index is 1350. The van der Waals surface area contributed by atoms with E-state index >= 15 is 0 Å². The first-order valence-electron chi connectivity index (χ1n) is 8.86. The van der Waals surface area contributed by atoms with Crippen molar-refractivity contribution in [2.24, 2.45) is 0 Å². The summed E-state index contributed by atoms with van der Waals surface area (Å²) in [5, 5.41) is 0.815. The van der Waals surface area contributed by atoms with Gasteiger partial charge in [-0.2, -0.15) is 0 Å². The molecule has 0 bridgehead atoms. The Morgan fingerprint density at radius 3 is 2.59 bits per heavy atom. The molecular formula is C21H18BrN3O2S2. The maximum absolute atomic E-state index is 13.0. The lowest BCUT2D eigenvalue weighted by molar-refractivity contribution is 0.601. The molecule has 0 saturated carbocycles. The summed E-state index contributed by atoms with van der Waals surface area (Å²) in [6.07, 6.45) is 2.88. The first-order valence-corrected chi connectivity index (χ1v) is 11.9. The summed E-state index contributed by atoms with van der Waals surface area (Å²) in [5.41, 5.74) is 4.46. The molecule has 0 atom stereocenters. The Balaban J connectivity index is 1.93. The van der Waals surface area contributed by atoms with Gasteiger partial charge in [0, 0.05) is 38.4 Å². The van der Waals surface area contributed by atoms with E-state index in [1.54, 1.807) is 23.6 Å².